The molecule has 0 unspecified atom stereocenters. The first kappa shape index (κ1) is 13.2. The first-order valence-corrected chi connectivity index (χ1v) is 5.72. The highest BCUT2D eigenvalue weighted by molar-refractivity contribution is 5.14. The van der Waals surface area contributed by atoms with Gasteiger partial charge in [-0.3, -0.25) is 4.68 Å². The van der Waals surface area contributed by atoms with Gasteiger partial charge in [-0.05, 0) is 27.7 Å². The molecule has 4 heteroatoms. The van der Waals surface area contributed by atoms with Crippen molar-refractivity contribution in [1.29, 1.82) is 0 Å². The minimum atomic E-state index is -0.0497. The summed E-state index contributed by atoms with van der Waals surface area (Å²) in [6.07, 6.45) is 2.05. The Morgan fingerprint density at radius 2 is 2.12 bits per heavy atom. The predicted octanol–water partition coefficient (Wildman–Crippen LogP) is 1.63. The SMILES string of the molecule is Cc1nn(C)cc1CNCCOC(C)(C)C. The highest BCUT2D eigenvalue weighted by Gasteiger charge is 2.09. The average molecular weight is 225 g/mol. The van der Waals surface area contributed by atoms with Crippen LogP contribution in [-0.2, 0) is 18.3 Å². The Morgan fingerprint density at radius 3 is 2.62 bits per heavy atom. The molecule has 0 aliphatic heterocycles. The van der Waals surface area contributed by atoms with Gasteiger partial charge in [0.1, 0.15) is 0 Å². The summed E-state index contributed by atoms with van der Waals surface area (Å²) in [5, 5.41) is 7.64. The normalized spacial score (nSPS) is 12.1. The van der Waals surface area contributed by atoms with Gasteiger partial charge in [-0.1, -0.05) is 0 Å². The van der Waals surface area contributed by atoms with Gasteiger partial charge in [-0.15, -0.1) is 0 Å². The number of nitrogens with zero attached hydrogens (tertiary/aromatic N) is 2. The molecule has 0 saturated heterocycles. The zero-order valence-electron chi connectivity index (χ0n) is 11.0. The maximum atomic E-state index is 5.62. The summed E-state index contributed by atoms with van der Waals surface area (Å²) >= 11 is 0. The van der Waals surface area contributed by atoms with Gasteiger partial charge < -0.3 is 10.1 Å². The van der Waals surface area contributed by atoms with Crippen LogP contribution >= 0.6 is 0 Å². The van der Waals surface area contributed by atoms with Crippen LogP contribution in [0.1, 0.15) is 32.0 Å². The van der Waals surface area contributed by atoms with Crippen LogP contribution in [0.4, 0.5) is 0 Å². The van der Waals surface area contributed by atoms with Crippen molar-refractivity contribution in [3.8, 4) is 0 Å². The van der Waals surface area contributed by atoms with Crippen molar-refractivity contribution in [2.45, 2.75) is 39.8 Å². The summed E-state index contributed by atoms with van der Waals surface area (Å²) in [6.45, 7) is 10.7. The summed E-state index contributed by atoms with van der Waals surface area (Å²) in [5.74, 6) is 0. The summed E-state index contributed by atoms with van der Waals surface area (Å²) in [5.41, 5.74) is 2.29. The molecule has 0 saturated carbocycles. The minimum Gasteiger partial charge on any atom is -0.375 e. The van der Waals surface area contributed by atoms with E-state index in [2.05, 4.69) is 31.2 Å². The maximum Gasteiger partial charge on any atom is 0.0638 e. The van der Waals surface area contributed by atoms with Gasteiger partial charge in [0.2, 0.25) is 0 Å². The highest BCUT2D eigenvalue weighted by Crippen LogP contribution is 2.06. The molecule has 4 nitrogen and oxygen atoms in total. The van der Waals surface area contributed by atoms with E-state index in [0.717, 1.165) is 25.4 Å². The molecule has 0 radical (unpaired) electrons. The third-order valence-corrected chi connectivity index (χ3v) is 2.24. The second-order valence-corrected chi connectivity index (χ2v) is 5.05. The van der Waals surface area contributed by atoms with Gasteiger partial charge in [0, 0.05) is 31.9 Å². The first-order valence-electron chi connectivity index (χ1n) is 5.72. The smallest absolute Gasteiger partial charge is 0.0638 e. The summed E-state index contributed by atoms with van der Waals surface area (Å²) in [4.78, 5) is 0. The van der Waals surface area contributed by atoms with Gasteiger partial charge in [-0.2, -0.15) is 5.10 Å². The van der Waals surface area contributed by atoms with E-state index in [1.54, 1.807) is 0 Å². The molecule has 0 spiro atoms. The van der Waals surface area contributed by atoms with Crippen LogP contribution in [0.3, 0.4) is 0 Å². The maximum absolute atomic E-state index is 5.62. The Labute approximate surface area is 98.0 Å². The number of ether oxygens (including phenoxy) is 1. The van der Waals surface area contributed by atoms with Crippen LogP contribution in [0.15, 0.2) is 6.20 Å². The van der Waals surface area contributed by atoms with Crippen molar-refractivity contribution >= 4 is 0 Å². The van der Waals surface area contributed by atoms with Crippen LogP contribution in [0.5, 0.6) is 0 Å². The Balaban J connectivity index is 2.19. The molecule has 1 heterocycles. The topological polar surface area (TPSA) is 39.1 Å². The zero-order chi connectivity index (χ0) is 12.2. The third kappa shape index (κ3) is 4.77. The lowest BCUT2D eigenvalue weighted by atomic mass is 10.2. The van der Waals surface area contributed by atoms with Gasteiger partial charge in [0.25, 0.3) is 0 Å². The van der Waals surface area contributed by atoms with E-state index in [9.17, 15) is 0 Å². The van der Waals surface area contributed by atoms with Crippen molar-refractivity contribution in [1.82, 2.24) is 15.1 Å². The number of aryl methyl sites for hydroxylation is 2. The average Bonchev–Trinajstić information content (AvgIpc) is 2.42. The fraction of sp³-hybridized carbons (Fsp3) is 0.750. The lowest BCUT2D eigenvalue weighted by Gasteiger charge is -2.19. The fourth-order valence-corrected chi connectivity index (χ4v) is 1.47. The van der Waals surface area contributed by atoms with Crippen LogP contribution in [0.2, 0.25) is 0 Å². The fourth-order valence-electron chi connectivity index (χ4n) is 1.47. The second kappa shape index (κ2) is 5.46. The quantitative estimate of drug-likeness (QED) is 0.774. The molecule has 0 atom stereocenters. The van der Waals surface area contributed by atoms with Crippen molar-refractivity contribution in [3.05, 3.63) is 17.5 Å². The van der Waals surface area contributed by atoms with E-state index in [4.69, 9.17) is 4.74 Å². The molecule has 1 aromatic heterocycles. The van der Waals surface area contributed by atoms with Crippen molar-refractivity contribution in [3.63, 3.8) is 0 Å². The Hall–Kier alpha value is -0.870. The lowest BCUT2D eigenvalue weighted by molar-refractivity contribution is -0.000890. The molecule has 0 aliphatic rings. The van der Waals surface area contributed by atoms with Crippen LogP contribution in [0, 0.1) is 6.92 Å². The zero-order valence-corrected chi connectivity index (χ0v) is 11.0. The van der Waals surface area contributed by atoms with Crippen LogP contribution < -0.4 is 5.32 Å². The van der Waals surface area contributed by atoms with E-state index in [0.29, 0.717) is 0 Å². The molecular formula is C12H23N3O. The molecular weight excluding hydrogens is 202 g/mol. The molecule has 1 N–H and O–H groups in total. The predicted molar refractivity (Wildman–Crippen MR) is 65.4 cm³/mol. The van der Waals surface area contributed by atoms with Crippen LogP contribution in [0.25, 0.3) is 0 Å². The summed E-state index contributed by atoms with van der Waals surface area (Å²) in [6, 6.07) is 0. The number of hydrogen-bond acceptors (Lipinski definition) is 3. The second-order valence-electron chi connectivity index (χ2n) is 5.05. The van der Waals surface area contributed by atoms with Gasteiger partial charge in [-0.25, -0.2) is 0 Å². The highest BCUT2D eigenvalue weighted by atomic mass is 16.5. The summed E-state index contributed by atoms with van der Waals surface area (Å²) < 4.78 is 7.46. The summed E-state index contributed by atoms with van der Waals surface area (Å²) in [7, 11) is 1.94. The standard InChI is InChI=1S/C12H23N3O/c1-10-11(9-15(5)14-10)8-13-6-7-16-12(2,3)4/h9,13H,6-8H2,1-5H3. The van der Waals surface area contributed by atoms with E-state index in [1.807, 2.05) is 24.9 Å². The van der Waals surface area contributed by atoms with Crippen LogP contribution in [-0.4, -0.2) is 28.5 Å². The Morgan fingerprint density at radius 1 is 1.44 bits per heavy atom. The van der Waals surface area contributed by atoms with E-state index < -0.39 is 0 Å². The molecule has 0 amide bonds. The molecule has 1 aromatic rings. The van der Waals surface area contributed by atoms with Gasteiger partial charge in [0.05, 0.1) is 17.9 Å². The monoisotopic (exact) mass is 225 g/mol. The number of aromatic nitrogens is 2. The minimum absolute atomic E-state index is 0.0497. The molecule has 16 heavy (non-hydrogen) atoms. The molecule has 0 aliphatic carbocycles. The Kier molecular flexibility index (Phi) is 4.50. The third-order valence-electron chi connectivity index (χ3n) is 2.24. The van der Waals surface area contributed by atoms with Crippen molar-refractivity contribution in [2.75, 3.05) is 13.2 Å². The molecule has 0 aromatic carbocycles. The molecule has 0 bridgehead atoms. The Bertz CT molecular complexity index is 325. The largest absolute Gasteiger partial charge is 0.375 e. The van der Waals surface area contributed by atoms with E-state index in [1.165, 1.54) is 5.56 Å². The van der Waals surface area contributed by atoms with E-state index in [-0.39, 0.29) is 5.60 Å². The van der Waals surface area contributed by atoms with Crippen molar-refractivity contribution < 1.29 is 4.74 Å². The molecule has 92 valence electrons. The lowest BCUT2D eigenvalue weighted by Crippen LogP contribution is -2.26. The number of hydrogen-bond donors (Lipinski definition) is 1. The van der Waals surface area contributed by atoms with Gasteiger partial charge in [0.15, 0.2) is 0 Å². The van der Waals surface area contributed by atoms with Crippen molar-refractivity contribution in [2.24, 2.45) is 7.05 Å². The van der Waals surface area contributed by atoms with E-state index >= 15 is 0 Å². The van der Waals surface area contributed by atoms with Gasteiger partial charge >= 0.3 is 0 Å². The molecule has 1 rings (SSSR count). The molecule has 0 fully saturated rings. The number of rotatable bonds is 5. The number of nitrogens with one attached hydrogen (secondary N) is 1. The first-order chi connectivity index (χ1) is 7.38.